The van der Waals surface area contributed by atoms with E-state index >= 15 is 0 Å². The summed E-state index contributed by atoms with van der Waals surface area (Å²) in [6.45, 7) is 6.31. The van der Waals surface area contributed by atoms with Gasteiger partial charge in [0.15, 0.2) is 0 Å². The summed E-state index contributed by atoms with van der Waals surface area (Å²) in [4.78, 5) is 14.1. The highest BCUT2D eigenvalue weighted by atomic mass is 16.2. The molecule has 0 aromatic heterocycles. The van der Waals surface area contributed by atoms with Crippen molar-refractivity contribution in [1.82, 2.24) is 10.2 Å². The normalized spacial score (nSPS) is 16.2. The zero-order valence-electron chi connectivity index (χ0n) is 11.7. The number of rotatable bonds is 7. The number of carbonyl (C=O) groups excluding carboxylic acids is 1. The minimum atomic E-state index is 0.0589. The SMILES string of the molecule is C#CCNC(=O)CN(CCC(C)C)C1CCCC1. The molecule has 0 spiro atoms. The molecule has 3 heteroatoms. The first kappa shape index (κ1) is 15.0. The Kier molecular flexibility index (Phi) is 6.82. The van der Waals surface area contributed by atoms with Gasteiger partial charge in [0.1, 0.15) is 0 Å². The summed E-state index contributed by atoms with van der Waals surface area (Å²) in [5, 5.41) is 2.76. The standard InChI is InChI=1S/C15H26N2O/c1-4-10-16-15(18)12-17(11-9-13(2)3)14-7-5-6-8-14/h1,13-14H,5-12H2,2-3H3,(H,16,18). The second-order valence-corrected chi connectivity index (χ2v) is 5.57. The van der Waals surface area contributed by atoms with Crippen molar-refractivity contribution in [2.45, 2.75) is 52.0 Å². The second kappa shape index (κ2) is 8.16. The molecule has 0 saturated heterocycles. The molecule has 18 heavy (non-hydrogen) atoms. The van der Waals surface area contributed by atoms with Gasteiger partial charge in [-0.1, -0.05) is 32.6 Å². The lowest BCUT2D eigenvalue weighted by atomic mass is 10.1. The van der Waals surface area contributed by atoms with Gasteiger partial charge in [0.05, 0.1) is 13.1 Å². The van der Waals surface area contributed by atoms with Crippen LogP contribution in [-0.2, 0) is 4.79 Å². The third kappa shape index (κ3) is 5.55. The zero-order valence-corrected chi connectivity index (χ0v) is 11.7. The molecule has 1 aliphatic carbocycles. The first-order valence-corrected chi connectivity index (χ1v) is 7.07. The average molecular weight is 250 g/mol. The quantitative estimate of drug-likeness (QED) is 0.701. The average Bonchev–Trinajstić information content (AvgIpc) is 2.85. The van der Waals surface area contributed by atoms with Crippen LogP contribution in [0, 0.1) is 18.3 Å². The number of carbonyl (C=O) groups is 1. The maximum absolute atomic E-state index is 11.8. The van der Waals surface area contributed by atoms with Gasteiger partial charge in [0.25, 0.3) is 0 Å². The Balaban J connectivity index is 2.43. The Morgan fingerprint density at radius 3 is 2.67 bits per heavy atom. The predicted molar refractivity (Wildman–Crippen MR) is 75.1 cm³/mol. The van der Waals surface area contributed by atoms with Gasteiger partial charge in [-0.05, 0) is 31.7 Å². The summed E-state index contributed by atoms with van der Waals surface area (Å²) in [5.74, 6) is 3.18. The third-order valence-corrected chi connectivity index (χ3v) is 3.57. The van der Waals surface area contributed by atoms with E-state index in [9.17, 15) is 4.79 Å². The van der Waals surface area contributed by atoms with Crippen LogP contribution in [0.25, 0.3) is 0 Å². The van der Waals surface area contributed by atoms with Crippen LogP contribution in [0.4, 0.5) is 0 Å². The van der Waals surface area contributed by atoms with Crippen molar-refractivity contribution in [3.05, 3.63) is 0 Å². The van der Waals surface area contributed by atoms with E-state index in [-0.39, 0.29) is 5.91 Å². The molecule has 1 saturated carbocycles. The Morgan fingerprint density at radius 2 is 2.11 bits per heavy atom. The molecular formula is C15H26N2O. The summed E-state index contributed by atoms with van der Waals surface area (Å²) in [6.07, 6.45) is 11.4. The second-order valence-electron chi connectivity index (χ2n) is 5.57. The molecule has 3 nitrogen and oxygen atoms in total. The van der Waals surface area contributed by atoms with E-state index in [2.05, 4.69) is 30.0 Å². The van der Waals surface area contributed by atoms with Crippen molar-refractivity contribution in [3.63, 3.8) is 0 Å². The highest BCUT2D eigenvalue weighted by Crippen LogP contribution is 2.23. The summed E-state index contributed by atoms with van der Waals surface area (Å²) in [5.41, 5.74) is 0. The van der Waals surface area contributed by atoms with Gasteiger partial charge in [-0.25, -0.2) is 0 Å². The summed E-state index contributed by atoms with van der Waals surface area (Å²) >= 11 is 0. The molecule has 1 rings (SSSR count). The molecule has 0 aliphatic heterocycles. The number of hydrogen-bond donors (Lipinski definition) is 1. The summed E-state index contributed by atoms with van der Waals surface area (Å²) in [6, 6.07) is 0.598. The Labute approximate surface area is 111 Å². The van der Waals surface area contributed by atoms with Crippen molar-refractivity contribution < 1.29 is 4.79 Å². The molecule has 0 heterocycles. The number of hydrogen-bond acceptors (Lipinski definition) is 2. The largest absolute Gasteiger partial charge is 0.344 e. The van der Waals surface area contributed by atoms with Gasteiger partial charge in [0.2, 0.25) is 5.91 Å². The van der Waals surface area contributed by atoms with Crippen molar-refractivity contribution in [3.8, 4) is 12.3 Å². The molecule has 0 atom stereocenters. The van der Waals surface area contributed by atoms with Gasteiger partial charge < -0.3 is 5.32 Å². The molecular weight excluding hydrogens is 224 g/mol. The van der Waals surface area contributed by atoms with E-state index in [0.717, 1.165) is 13.0 Å². The van der Waals surface area contributed by atoms with Crippen molar-refractivity contribution >= 4 is 5.91 Å². The van der Waals surface area contributed by atoms with E-state index in [1.165, 1.54) is 25.7 Å². The van der Waals surface area contributed by atoms with E-state index in [1.54, 1.807) is 0 Å². The fourth-order valence-electron chi connectivity index (χ4n) is 2.47. The Morgan fingerprint density at radius 1 is 1.44 bits per heavy atom. The third-order valence-electron chi connectivity index (χ3n) is 3.57. The lowest BCUT2D eigenvalue weighted by molar-refractivity contribution is -0.122. The molecule has 0 aromatic rings. The van der Waals surface area contributed by atoms with Crippen LogP contribution in [0.2, 0.25) is 0 Å². The van der Waals surface area contributed by atoms with Crippen LogP contribution in [0.1, 0.15) is 46.0 Å². The number of amides is 1. The van der Waals surface area contributed by atoms with E-state index in [1.807, 2.05) is 0 Å². The van der Waals surface area contributed by atoms with Gasteiger partial charge in [-0.2, -0.15) is 0 Å². The van der Waals surface area contributed by atoms with Gasteiger partial charge in [-0.3, -0.25) is 9.69 Å². The fourth-order valence-corrected chi connectivity index (χ4v) is 2.47. The lowest BCUT2D eigenvalue weighted by Crippen LogP contribution is -2.42. The molecule has 1 aliphatic rings. The molecule has 0 bridgehead atoms. The molecule has 1 N–H and O–H groups in total. The fraction of sp³-hybridized carbons (Fsp3) is 0.800. The van der Waals surface area contributed by atoms with Gasteiger partial charge >= 0.3 is 0 Å². The molecule has 102 valence electrons. The first-order valence-electron chi connectivity index (χ1n) is 7.07. The Hall–Kier alpha value is -1.01. The highest BCUT2D eigenvalue weighted by molar-refractivity contribution is 5.78. The maximum Gasteiger partial charge on any atom is 0.234 e. The van der Waals surface area contributed by atoms with Gasteiger partial charge in [-0.15, -0.1) is 6.42 Å². The van der Waals surface area contributed by atoms with Crippen LogP contribution in [0.15, 0.2) is 0 Å². The maximum atomic E-state index is 11.8. The molecule has 1 amide bonds. The smallest absolute Gasteiger partial charge is 0.234 e. The van der Waals surface area contributed by atoms with E-state index in [0.29, 0.717) is 25.0 Å². The van der Waals surface area contributed by atoms with Gasteiger partial charge in [0, 0.05) is 6.04 Å². The van der Waals surface area contributed by atoms with E-state index in [4.69, 9.17) is 6.42 Å². The van der Waals surface area contributed by atoms with Crippen LogP contribution < -0.4 is 5.32 Å². The zero-order chi connectivity index (χ0) is 13.4. The van der Waals surface area contributed by atoms with Crippen molar-refractivity contribution in [1.29, 1.82) is 0 Å². The number of terminal acetylenes is 1. The minimum absolute atomic E-state index is 0.0589. The van der Waals surface area contributed by atoms with Crippen molar-refractivity contribution in [2.75, 3.05) is 19.6 Å². The van der Waals surface area contributed by atoms with Crippen LogP contribution in [-0.4, -0.2) is 36.5 Å². The predicted octanol–water partition coefficient (Wildman–Crippen LogP) is 2.03. The first-order chi connectivity index (χ1) is 8.63. The number of nitrogens with zero attached hydrogens (tertiary/aromatic N) is 1. The highest BCUT2D eigenvalue weighted by Gasteiger charge is 2.24. The van der Waals surface area contributed by atoms with Crippen LogP contribution in [0.3, 0.4) is 0 Å². The summed E-state index contributed by atoms with van der Waals surface area (Å²) in [7, 11) is 0. The Bertz CT molecular complexity index is 287. The minimum Gasteiger partial charge on any atom is -0.344 e. The molecule has 0 aromatic carbocycles. The summed E-state index contributed by atoms with van der Waals surface area (Å²) < 4.78 is 0. The molecule has 0 unspecified atom stereocenters. The van der Waals surface area contributed by atoms with Crippen molar-refractivity contribution in [2.24, 2.45) is 5.92 Å². The van der Waals surface area contributed by atoms with Crippen LogP contribution in [0.5, 0.6) is 0 Å². The lowest BCUT2D eigenvalue weighted by Gasteiger charge is -2.28. The molecule has 1 fully saturated rings. The van der Waals surface area contributed by atoms with Crippen LogP contribution >= 0.6 is 0 Å². The van der Waals surface area contributed by atoms with E-state index < -0.39 is 0 Å². The topological polar surface area (TPSA) is 32.3 Å². The molecule has 0 radical (unpaired) electrons. The monoisotopic (exact) mass is 250 g/mol. The number of nitrogens with one attached hydrogen (secondary N) is 1.